The van der Waals surface area contributed by atoms with Crippen LogP contribution in [0, 0.1) is 0 Å². The molecule has 122 valence electrons. The van der Waals surface area contributed by atoms with Gasteiger partial charge in [0.05, 0.1) is 17.6 Å². The lowest BCUT2D eigenvalue weighted by molar-refractivity contribution is 0.0949. The van der Waals surface area contributed by atoms with E-state index in [2.05, 4.69) is 10.3 Å². The van der Waals surface area contributed by atoms with Gasteiger partial charge in [-0.25, -0.2) is 0 Å². The molecule has 0 radical (unpaired) electrons. The number of halogens is 1. The summed E-state index contributed by atoms with van der Waals surface area (Å²) in [5, 5.41) is 3.56. The molecule has 6 heteroatoms. The third kappa shape index (κ3) is 2.98. The molecule has 0 aliphatic rings. The number of rotatable bonds is 4. The molecule has 3 aromatic rings. The highest BCUT2D eigenvalue weighted by Crippen LogP contribution is 2.19. The van der Waals surface area contributed by atoms with Crippen LogP contribution in [0.1, 0.15) is 15.9 Å². The number of aromatic nitrogens is 1. The maximum Gasteiger partial charge on any atom is 0.257 e. The topological polar surface area (TPSA) is 71.2 Å². The Bertz CT molecular complexity index is 966. The van der Waals surface area contributed by atoms with Gasteiger partial charge in [-0.15, -0.1) is 0 Å². The minimum Gasteiger partial charge on any atom is -0.496 e. The number of amides is 1. The van der Waals surface area contributed by atoms with Crippen LogP contribution in [-0.4, -0.2) is 18.0 Å². The SMILES string of the molecule is COc1ccccc1CNC(=O)c1c[nH]c2c(Cl)cccc2c1=O. The van der Waals surface area contributed by atoms with E-state index in [9.17, 15) is 9.59 Å². The summed E-state index contributed by atoms with van der Waals surface area (Å²) in [6.45, 7) is 0.260. The van der Waals surface area contributed by atoms with Gasteiger partial charge in [-0.05, 0) is 18.2 Å². The van der Waals surface area contributed by atoms with Gasteiger partial charge in [0.15, 0.2) is 0 Å². The molecule has 1 amide bonds. The first-order chi connectivity index (χ1) is 11.6. The molecule has 0 spiro atoms. The van der Waals surface area contributed by atoms with E-state index in [4.69, 9.17) is 16.3 Å². The normalized spacial score (nSPS) is 10.6. The first-order valence-electron chi connectivity index (χ1n) is 7.32. The van der Waals surface area contributed by atoms with Crippen molar-refractivity contribution in [2.75, 3.05) is 7.11 Å². The third-order valence-electron chi connectivity index (χ3n) is 3.74. The number of carbonyl (C=O) groups is 1. The van der Waals surface area contributed by atoms with Gasteiger partial charge in [-0.3, -0.25) is 9.59 Å². The van der Waals surface area contributed by atoms with Crippen molar-refractivity contribution >= 4 is 28.4 Å². The quantitative estimate of drug-likeness (QED) is 0.765. The third-order valence-corrected chi connectivity index (χ3v) is 4.06. The largest absolute Gasteiger partial charge is 0.496 e. The van der Waals surface area contributed by atoms with Gasteiger partial charge in [0.1, 0.15) is 11.3 Å². The number of hydrogen-bond acceptors (Lipinski definition) is 3. The van der Waals surface area contributed by atoms with E-state index in [-0.39, 0.29) is 17.5 Å². The van der Waals surface area contributed by atoms with Crippen molar-refractivity contribution in [2.24, 2.45) is 0 Å². The highest BCUT2D eigenvalue weighted by atomic mass is 35.5. The minimum atomic E-state index is -0.455. The Morgan fingerprint density at radius 3 is 2.79 bits per heavy atom. The molecule has 1 aromatic heterocycles. The van der Waals surface area contributed by atoms with Crippen LogP contribution in [0.2, 0.25) is 5.02 Å². The zero-order valence-corrected chi connectivity index (χ0v) is 13.7. The molecule has 24 heavy (non-hydrogen) atoms. The van der Waals surface area contributed by atoms with E-state index in [0.29, 0.717) is 21.7 Å². The van der Waals surface area contributed by atoms with Crippen molar-refractivity contribution in [1.29, 1.82) is 0 Å². The number of carbonyl (C=O) groups excluding carboxylic acids is 1. The summed E-state index contributed by atoms with van der Waals surface area (Å²) in [5.74, 6) is 0.223. The molecule has 0 saturated carbocycles. The van der Waals surface area contributed by atoms with E-state index < -0.39 is 5.91 Å². The molecule has 5 nitrogen and oxygen atoms in total. The number of para-hydroxylation sites is 2. The number of nitrogens with one attached hydrogen (secondary N) is 2. The monoisotopic (exact) mass is 342 g/mol. The summed E-state index contributed by atoms with van der Waals surface area (Å²) in [5.41, 5.74) is 1.03. The zero-order chi connectivity index (χ0) is 17.1. The van der Waals surface area contributed by atoms with Gasteiger partial charge < -0.3 is 15.0 Å². The summed E-state index contributed by atoms with van der Waals surface area (Å²) in [6, 6.07) is 12.4. The van der Waals surface area contributed by atoms with Gasteiger partial charge in [0.2, 0.25) is 5.43 Å². The Morgan fingerprint density at radius 1 is 1.21 bits per heavy atom. The molecular formula is C18H15ClN2O3. The molecule has 1 heterocycles. The van der Waals surface area contributed by atoms with Crippen molar-refractivity contribution in [2.45, 2.75) is 6.54 Å². The second kappa shape index (κ2) is 6.76. The second-order valence-electron chi connectivity index (χ2n) is 5.19. The van der Waals surface area contributed by atoms with E-state index in [1.807, 2.05) is 24.3 Å². The smallest absolute Gasteiger partial charge is 0.257 e. The van der Waals surface area contributed by atoms with Crippen molar-refractivity contribution < 1.29 is 9.53 Å². The fraction of sp³-hybridized carbons (Fsp3) is 0.111. The summed E-state index contributed by atoms with van der Waals surface area (Å²) in [7, 11) is 1.57. The molecule has 0 bridgehead atoms. The molecule has 0 aliphatic heterocycles. The molecule has 0 unspecified atom stereocenters. The van der Waals surface area contributed by atoms with Gasteiger partial charge in [0, 0.05) is 23.7 Å². The highest BCUT2D eigenvalue weighted by Gasteiger charge is 2.14. The van der Waals surface area contributed by atoms with Crippen molar-refractivity contribution in [3.63, 3.8) is 0 Å². The van der Waals surface area contributed by atoms with Crippen molar-refractivity contribution in [3.05, 3.63) is 75.0 Å². The van der Waals surface area contributed by atoms with Crippen LogP contribution in [0.15, 0.2) is 53.5 Å². The molecular weight excluding hydrogens is 328 g/mol. The Hall–Kier alpha value is -2.79. The molecule has 0 fully saturated rings. The molecule has 2 N–H and O–H groups in total. The lowest BCUT2D eigenvalue weighted by Crippen LogP contribution is -2.28. The number of methoxy groups -OCH3 is 1. The number of fused-ring (bicyclic) bond motifs is 1. The number of H-pyrrole nitrogens is 1. The summed E-state index contributed by atoms with van der Waals surface area (Å²) in [6.07, 6.45) is 1.38. The predicted molar refractivity (Wildman–Crippen MR) is 93.7 cm³/mol. The Labute approximate surface area is 143 Å². The van der Waals surface area contributed by atoms with E-state index in [1.54, 1.807) is 25.3 Å². The average Bonchev–Trinajstić information content (AvgIpc) is 2.61. The highest BCUT2D eigenvalue weighted by molar-refractivity contribution is 6.35. The molecule has 3 rings (SSSR count). The summed E-state index contributed by atoms with van der Waals surface area (Å²) in [4.78, 5) is 27.8. The van der Waals surface area contributed by atoms with E-state index in [1.165, 1.54) is 6.20 Å². The molecule has 2 aromatic carbocycles. The zero-order valence-electron chi connectivity index (χ0n) is 12.9. The van der Waals surface area contributed by atoms with E-state index >= 15 is 0 Å². The maximum atomic E-state index is 12.5. The summed E-state index contributed by atoms with van der Waals surface area (Å²) >= 11 is 6.05. The van der Waals surface area contributed by atoms with Gasteiger partial charge in [0.25, 0.3) is 5.91 Å². The number of benzene rings is 2. The predicted octanol–water partition coefficient (Wildman–Crippen LogP) is 3.12. The fourth-order valence-corrected chi connectivity index (χ4v) is 2.73. The van der Waals surface area contributed by atoms with Crippen LogP contribution in [0.3, 0.4) is 0 Å². The van der Waals surface area contributed by atoms with Crippen molar-refractivity contribution in [1.82, 2.24) is 10.3 Å². The average molecular weight is 343 g/mol. The van der Waals surface area contributed by atoms with Crippen LogP contribution >= 0.6 is 11.6 Å². The Kier molecular flexibility index (Phi) is 4.53. The number of aromatic amines is 1. The number of ether oxygens (including phenoxy) is 1. The fourth-order valence-electron chi connectivity index (χ4n) is 2.50. The van der Waals surface area contributed by atoms with Crippen LogP contribution in [-0.2, 0) is 6.54 Å². The van der Waals surface area contributed by atoms with Crippen molar-refractivity contribution in [3.8, 4) is 5.75 Å². The van der Waals surface area contributed by atoms with Crippen LogP contribution in [0.25, 0.3) is 10.9 Å². The molecule has 0 atom stereocenters. The number of pyridine rings is 1. The maximum absolute atomic E-state index is 12.5. The van der Waals surface area contributed by atoms with Gasteiger partial charge >= 0.3 is 0 Å². The van der Waals surface area contributed by atoms with Crippen LogP contribution < -0.4 is 15.5 Å². The second-order valence-corrected chi connectivity index (χ2v) is 5.60. The summed E-state index contributed by atoms with van der Waals surface area (Å²) < 4.78 is 5.24. The first-order valence-corrected chi connectivity index (χ1v) is 7.69. The molecule has 0 aliphatic carbocycles. The number of hydrogen-bond donors (Lipinski definition) is 2. The minimum absolute atomic E-state index is 0.0414. The van der Waals surface area contributed by atoms with E-state index in [0.717, 1.165) is 5.56 Å². The first kappa shape index (κ1) is 16.1. The van der Waals surface area contributed by atoms with Gasteiger partial charge in [-0.1, -0.05) is 35.9 Å². The Balaban J connectivity index is 1.87. The molecule has 0 saturated heterocycles. The standard InChI is InChI=1S/C18H15ClN2O3/c1-24-15-8-3-2-5-11(15)9-21-18(23)13-10-20-16-12(17(13)22)6-4-7-14(16)19/h2-8,10H,9H2,1H3,(H,20,22)(H,21,23). The lowest BCUT2D eigenvalue weighted by Gasteiger charge is -2.10. The van der Waals surface area contributed by atoms with Crippen LogP contribution in [0.5, 0.6) is 5.75 Å². The Morgan fingerprint density at radius 2 is 2.00 bits per heavy atom. The van der Waals surface area contributed by atoms with Crippen LogP contribution in [0.4, 0.5) is 0 Å². The lowest BCUT2D eigenvalue weighted by atomic mass is 10.1. The van der Waals surface area contributed by atoms with Gasteiger partial charge in [-0.2, -0.15) is 0 Å².